The van der Waals surface area contributed by atoms with Gasteiger partial charge in [-0.05, 0) is 44.2 Å². The number of rotatable bonds is 5. The van der Waals surface area contributed by atoms with Gasteiger partial charge >= 0.3 is 0 Å². The Bertz CT molecular complexity index is 428. The van der Waals surface area contributed by atoms with Gasteiger partial charge in [0.25, 0.3) is 0 Å². The maximum absolute atomic E-state index is 3.57. The van der Waals surface area contributed by atoms with Crippen molar-refractivity contribution in [1.29, 1.82) is 0 Å². The van der Waals surface area contributed by atoms with Gasteiger partial charge in [-0.2, -0.15) is 0 Å². The summed E-state index contributed by atoms with van der Waals surface area (Å²) in [5.41, 5.74) is 2.75. The van der Waals surface area contributed by atoms with Gasteiger partial charge in [0.2, 0.25) is 0 Å². The van der Waals surface area contributed by atoms with E-state index in [4.69, 9.17) is 0 Å². The summed E-state index contributed by atoms with van der Waals surface area (Å²) in [4.78, 5) is 5.13. The van der Waals surface area contributed by atoms with E-state index in [0.717, 1.165) is 24.1 Å². The lowest BCUT2D eigenvalue weighted by Crippen LogP contribution is -2.49. The Morgan fingerprint density at radius 2 is 1.95 bits per heavy atom. The first-order chi connectivity index (χ1) is 9.65. The van der Waals surface area contributed by atoms with Crippen molar-refractivity contribution in [3.63, 3.8) is 0 Å². The number of anilines is 1. The van der Waals surface area contributed by atoms with Crippen LogP contribution < -0.4 is 10.2 Å². The zero-order chi connectivity index (χ0) is 14.5. The van der Waals surface area contributed by atoms with Crippen molar-refractivity contribution >= 4 is 21.6 Å². The van der Waals surface area contributed by atoms with Gasteiger partial charge in [-0.1, -0.05) is 22.9 Å². The monoisotopic (exact) mass is 339 g/mol. The van der Waals surface area contributed by atoms with Crippen molar-refractivity contribution < 1.29 is 0 Å². The number of benzene rings is 1. The molecule has 1 N–H and O–H groups in total. The molecule has 1 aliphatic rings. The summed E-state index contributed by atoms with van der Waals surface area (Å²) in [6, 6.07) is 7.33. The predicted molar refractivity (Wildman–Crippen MR) is 90.4 cm³/mol. The molecule has 3 nitrogen and oxygen atoms in total. The molecule has 1 heterocycles. The zero-order valence-corrected chi connectivity index (χ0v) is 14.4. The van der Waals surface area contributed by atoms with Crippen molar-refractivity contribution in [2.75, 3.05) is 38.1 Å². The molecule has 1 unspecified atom stereocenters. The highest BCUT2D eigenvalue weighted by Crippen LogP contribution is 2.26. The molecule has 20 heavy (non-hydrogen) atoms. The molecule has 1 aromatic rings. The first-order valence-electron chi connectivity index (χ1n) is 7.57. The molecule has 0 radical (unpaired) electrons. The van der Waals surface area contributed by atoms with Crippen molar-refractivity contribution in [2.24, 2.45) is 0 Å². The van der Waals surface area contributed by atoms with E-state index in [2.05, 4.69) is 63.1 Å². The van der Waals surface area contributed by atoms with Crippen LogP contribution in [0.15, 0.2) is 22.7 Å². The number of piperazine rings is 1. The first kappa shape index (κ1) is 15.8. The Hall–Kier alpha value is -0.580. The Labute approximate surface area is 131 Å². The van der Waals surface area contributed by atoms with Gasteiger partial charge < -0.3 is 10.2 Å². The third-order valence-electron chi connectivity index (χ3n) is 4.28. The lowest BCUT2D eigenvalue weighted by atomic mass is 10.1. The maximum Gasteiger partial charge on any atom is 0.0413 e. The van der Waals surface area contributed by atoms with Crippen LogP contribution in [0.25, 0.3) is 0 Å². The minimum atomic E-state index is 0.707. The molecule has 1 aliphatic heterocycles. The average molecular weight is 340 g/mol. The van der Waals surface area contributed by atoms with Crippen LogP contribution in [0.1, 0.15) is 25.8 Å². The van der Waals surface area contributed by atoms with Crippen molar-refractivity contribution in [3.05, 3.63) is 28.2 Å². The van der Waals surface area contributed by atoms with Crippen LogP contribution >= 0.6 is 15.9 Å². The van der Waals surface area contributed by atoms with E-state index in [1.807, 2.05) is 7.05 Å². The Balaban J connectivity index is 2.06. The molecule has 0 saturated carbocycles. The van der Waals surface area contributed by atoms with Gasteiger partial charge in [0, 0.05) is 48.9 Å². The van der Waals surface area contributed by atoms with E-state index >= 15 is 0 Å². The summed E-state index contributed by atoms with van der Waals surface area (Å²) >= 11 is 3.57. The van der Waals surface area contributed by atoms with Crippen LogP contribution in [-0.2, 0) is 6.54 Å². The fraction of sp³-hybridized carbons (Fsp3) is 0.625. The number of halogens is 1. The number of hydrogen-bond acceptors (Lipinski definition) is 3. The number of nitrogens with zero attached hydrogens (tertiary/aromatic N) is 2. The van der Waals surface area contributed by atoms with Gasteiger partial charge in [-0.15, -0.1) is 0 Å². The molecule has 4 heteroatoms. The van der Waals surface area contributed by atoms with Gasteiger partial charge in [-0.3, -0.25) is 4.90 Å². The highest BCUT2D eigenvalue weighted by atomic mass is 79.9. The Kier molecular flexibility index (Phi) is 5.87. The molecule has 0 amide bonds. The summed E-state index contributed by atoms with van der Waals surface area (Å²) in [5.74, 6) is 0. The largest absolute Gasteiger partial charge is 0.369 e. The van der Waals surface area contributed by atoms with E-state index in [1.54, 1.807) is 0 Å². The highest BCUT2D eigenvalue weighted by molar-refractivity contribution is 9.10. The fourth-order valence-corrected chi connectivity index (χ4v) is 3.26. The molecule has 2 rings (SSSR count). The second-order valence-electron chi connectivity index (χ2n) is 5.58. The SMILES string of the molecule is CCC(C)N1CCN(c2ccc(Br)cc2CNC)CC1. The van der Waals surface area contributed by atoms with Crippen LogP contribution in [0, 0.1) is 0 Å². The molecule has 0 aliphatic carbocycles. The van der Waals surface area contributed by atoms with E-state index in [-0.39, 0.29) is 0 Å². The standard InChI is InChI=1S/C16H26BrN3/c1-4-13(2)19-7-9-20(10-8-19)16-6-5-15(17)11-14(16)12-18-3/h5-6,11,13,18H,4,7-10,12H2,1-3H3. The number of hydrogen-bond donors (Lipinski definition) is 1. The smallest absolute Gasteiger partial charge is 0.0413 e. The lowest BCUT2D eigenvalue weighted by molar-refractivity contribution is 0.192. The van der Waals surface area contributed by atoms with Crippen molar-refractivity contribution in [2.45, 2.75) is 32.9 Å². The van der Waals surface area contributed by atoms with Gasteiger partial charge in [-0.25, -0.2) is 0 Å². The van der Waals surface area contributed by atoms with Crippen LogP contribution in [0.5, 0.6) is 0 Å². The summed E-state index contributed by atoms with van der Waals surface area (Å²) in [6.07, 6.45) is 1.24. The lowest BCUT2D eigenvalue weighted by Gasteiger charge is -2.39. The summed E-state index contributed by atoms with van der Waals surface area (Å²) in [7, 11) is 2.01. The Morgan fingerprint density at radius 1 is 1.25 bits per heavy atom. The van der Waals surface area contributed by atoms with E-state index in [1.165, 1.54) is 30.8 Å². The minimum absolute atomic E-state index is 0.707. The van der Waals surface area contributed by atoms with Gasteiger partial charge in [0.1, 0.15) is 0 Å². The third-order valence-corrected chi connectivity index (χ3v) is 4.77. The van der Waals surface area contributed by atoms with Gasteiger partial charge in [0.05, 0.1) is 0 Å². The van der Waals surface area contributed by atoms with E-state index < -0.39 is 0 Å². The molecule has 1 fully saturated rings. The molecular formula is C16H26BrN3. The molecule has 0 spiro atoms. The molecule has 1 saturated heterocycles. The average Bonchev–Trinajstić information content (AvgIpc) is 2.47. The number of nitrogens with one attached hydrogen (secondary N) is 1. The summed E-state index contributed by atoms with van der Waals surface area (Å²) in [5, 5.41) is 3.27. The quantitative estimate of drug-likeness (QED) is 0.889. The second kappa shape index (κ2) is 7.43. The predicted octanol–water partition coefficient (Wildman–Crippen LogP) is 3.09. The van der Waals surface area contributed by atoms with E-state index in [9.17, 15) is 0 Å². The van der Waals surface area contributed by atoms with Crippen molar-refractivity contribution in [3.8, 4) is 0 Å². The molecule has 1 aromatic carbocycles. The summed E-state index contributed by atoms with van der Waals surface area (Å²) < 4.78 is 1.16. The molecule has 112 valence electrons. The summed E-state index contributed by atoms with van der Waals surface area (Å²) in [6.45, 7) is 10.1. The highest BCUT2D eigenvalue weighted by Gasteiger charge is 2.21. The normalized spacial score (nSPS) is 18.3. The molecular weight excluding hydrogens is 314 g/mol. The minimum Gasteiger partial charge on any atom is -0.369 e. The van der Waals surface area contributed by atoms with Gasteiger partial charge in [0.15, 0.2) is 0 Å². The van der Waals surface area contributed by atoms with E-state index in [0.29, 0.717) is 6.04 Å². The molecule has 1 atom stereocenters. The van der Waals surface area contributed by atoms with Crippen LogP contribution in [0.4, 0.5) is 5.69 Å². The van der Waals surface area contributed by atoms with Crippen LogP contribution in [0.2, 0.25) is 0 Å². The first-order valence-corrected chi connectivity index (χ1v) is 8.37. The third kappa shape index (κ3) is 3.74. The van der Waals surface area contributed by atoms with Crippen molar-refractivity contribution in [1.82, 2.24) is 10.2 Å². The second-order valence-corrected chi connectivity index (χ2v) is 6.50. The maximum atomic E-state index is 3.57. The zero-order valence-electron chi connectivity index (χ0n) is 12.8. The fourth-order valence-electron chi connectivity index (χ4n) is 2.86. The molecule has 0 aromatic heterocycles. The molecule has 0 bridgehead atoms. The van der Waals surface area contributed by atoms with Crippen LogP contribution in [0.3, 0.4) is 0 Å². The Morgan fingerprint density at radius 3 is 2.55 bits per heavy atom. The topological polar surface area (TPSA) is 18.5 Å². The van der Waals surface area contributed by atoms with Crippen LogP contribution in [-0.4, -0.2) is 44.2 Å².